The summed E-state index contributed by atoms with van der Waals surface area (Å²) in [4.78, 5) is 11.9. The smallest absolute Gasteiger partial charge is 0.191 e. The zero-order valence-electron chi connectivity index (χ0n) is 18.4. The van der Waals surface area contributed by atoms with Gasteiger partial charge in [0.05, 0.1) is 17.6 Å². The van der Waals surface area contributed by atoms with E-state index in [1.165, 1.54) is 5.52 Å². The van der Waals surface area contributed by atoms with Crippen molar-refractivity contribution < 1.29 is 4.74 Å². The first-order valence-electron chi connectivity index (χ1n) is 10.7. The first-order valence-corrected chi connectivity index (χ1v) is 10.7. The van der Waals surface area contributed by atoms with E-state index in [2.05, 4.69) is 71.2 Å². The van der Waals surface area contributed by atoms with E-state index in [1.807, 2.05) is 6.07 Å². The fourth-order valence-corrected chi connectivity index (χ4v) is 3.99. The molecule has 0 amide bonds. The average Bonchev–Trinajstić information content (AvgIpc) is 3.05. The minimum Gasteiger partial charge on any atom is -0.381 e. The molecule has 0 atom stereocenters. The molecular weight excluding hydrogens is 364 g/mol. The van der Waals surface area contributed by atoms with Gasteiger partial charge in [0.2, 0.25) is 0 Å². The quantitative estimate of drug-likeness (QED) is 0.405. The number of imidazole rings is 1. The number of aryl methyl sites for hydroxylation is 2. The molecule has 3 rings (SSSR count). The van der Waals surface area contributed by atoms with Crippen LogP contribution in [0.25, 0.3) is 11.0 Å². The molecule has 1 saturated heterocycles. The lowest BCUT2D eigenvalue weighted by Gasteiger charge is -2.41. The fraction of sp³-hybridized carbons (Fsp3) is 0.636. The molecular formula is C22H36N6O. The van der Waals surface area contributed by atoms with Crippen molar-refractivity contribution in [2.24, 2.45) is 4.99 Å². The summed E-state index contributed by atoms with van der Waals surface area (Å²) in [6, 6.07) is 8.33. The highest BCUT2D eigenvalue weighted by Gasteiger charge is 2.34. The minimum atomic E-state index is 0.0907. The van der Waals surface area contributed by atoms with Crippen LogP contribution < -0.4 is 10.6 Å². The van der Waals surface area contributed by atoms with Crippen molar-refractivity contribution in [1.82, 2.24) is 25.1 Å². The molecule has 1 fully saturated rings. The largest absolute Gasteiger partial charge is 0.381 e. The second-order valence-corrected chi connectivity index (χ2v) is 8.01. The summed E-state index contributed by atoms with van der Waals surface area (Å²) in [5.41, 5.74) is 2.37. The van der Waals surface area contributed by atoms with Gasteiger partial charge < -0.3 is 24.8 Å². The van der Waals surface area contributed by atoms with E-state index < -0.39 is 0 Å². The average molecular weight is 401 g/mol. The molecule has 2 heterocycles. The Labute approximate surface area is 174 Å². The normalized spacial score (nSPS) is 17.1. The molecule has 0 bridgehead atoms. The number of aromatic nitrogens is 2. The van der Waals surface area contributed by atoms with E-state index in [0.29, 0.717) is 0 Å². The molecule has 1 aromatic carbocycles. The number of benzene rings is 1. The Bertz CT molecular complexity index is 807. The van der Waals surface area contributed by atoms with Gasteiger partial charge in [-0.15, -0.1) is 0 Å². The van der Waals surface area contributed by atoms with Gasteiger partial charge in [0.1, 0.15) is 5.82 Å². The van der Waals surface area contributed by atoms with Gasteiger partial charge in [0, 0.05) is 38.4 Å². The molecule has 1 aliphatic heterocycles. The lowest BCUT2D eigenvalue weighted by Crippen LogP contribution is -2.51. The molecule has 7 heteroatoms. The maximum atomic E-state index is 5.57. The number of nitrogens with one attached hydrogen (secondary N) is 2. The van der Waals surface area contributed by atoms with E-state index in [4.69, 9.17) is 9.73 Å². The first kappa shape index (κ1) is 21.6. The number of hydrogen-bond acceptors (Lipinski definition) is 4. The zero-order valence-corrected chi connectivity index (χ0v) is 18.4. The third-order valence-corrected chi connectivity index (χ3v) is 5.94. The maximum absolute atomic E-state index is 5.57. The Balaban J connectivity index is 1.56. The molecule has 0 spiro atoms. The van der Waals surface area contributed by atoms with Crippen LogP contribution in [0.1, 0.15) is 32.0 Å². The van der Waals surface area contributed by atoms with Crippen molar-refractivity contribution in [2.45, 2.75) is 45.2 Å². The van der Waals surface area contributed by atoms with Gasteiger partial charge >= 0.3 is 0 Å². The standard InChI is InChI=1S/C22H36N6O/c1-5-23-21(25-17-22(27(3)4)11-15-29-16-12-22)24-13-8-14-28-18(2)26-19-9-6-7-10-20(19)28/h6-7,9-10H,5,8,11-17H2,1-4H3,(H2,23,24,25). The summed E-state index contributed by atoms with van der Waals surface area (Å²) in [6.07, 6.45) is 3.06. The summed E-state index contributed by atoms with van der Waals surface area (Å²) in [5, 5.41) is 6.88. The van der Waals surface area contributed by atoms with Crippen LogP contribution in [0, 0.1) is 6.92 Å². The SMILES string of the molecule is CCNC(=NCC1(N(C)C)CCOCC1)NCCCn1c(C)nc2ccccc21. The van der Waals surface area contributed by atoms with E-state index in [9.17, 15) is 0 Å². The van der Waals surface area contributed by atoms with E-state index >= 15 is 0 Å². The molecule has 0 saturated carbocycles. The molecule has 0 aliphatic carbocycles. The Hall–Kier alpha value is -2.12. The molecule has 0 radical (unpaired) electrons. The van der Waals surface area contributed by atoms with Gasteiger partial charge in [-0.3, -0.25) is 4.99 Å². The van der Waals surface area contributed by atoms with Gasteiger partial charge in [-0.1, -0.05) is 12.1 Å². The fourth-order valence-electron chi connectivity index (χ4n) is 3.99. The van der Waals surface area contributed by atoms with Crippen LogP contribution in [-0.2, 0) is 11.3 Å². The second-order valence-electron chi connectivity index (χ2n) is 8.01. The van der Waals surface area contributed by atoms with Crippen molar-refractivity contribution >= 4 is 17.0 Å². The number of likely N-dealkylation sites (N-methyl/N-ethyl adjacent to an activating group) is 1. The van der Waals surface area contributed by atoms with Crippen LogP contribution in [-0.4, -0.2) is 72.9 Å². The van der Waals surface area contributed by atoms with Crippen LogP contribution in [0.15, 0.2) is 29.3 Å². The minimum absolute atomic E-state index is 0.0907. The zero-order chi connectivity index (χ0) is 20.7. The number of fused-ring (bicyclic) bond motifs is 1. The summed E-state index contributed by atoms with van der Waals surface area (Å²) in [5.74, 6) is 1.96. The molecule has 2 N–H and O–H groups in total. The van der Waals surface area contributed by atoms with Gasteiger partial charge in [-0.25, -0.2) is 4.98 Å². The lowest BCUT2D eigenvalue weighted by atomic mass is 9.89. The van der Waals surface area contributed by atoms with Gasteiger partial charge in [-0.05, 0) is 59.3 Å². The number of nitrogens with zero attached hydrogens (tertiary/aromatic N) is 4. The third-order valence-electron chi connectivity index (χ3n) is 5.94. The number of guanidine groups is 1. The van der Waals surface area contributed by atoms with E-state index in [0.717, 1.165) is 76.0 Å². The number of aliphatic imine (C=N–C) groups is 1. The molecule has 0 unspecified atom stereocenters. The molecule has 2 aromatic rings. The van der Waals surface area contributed by atoms with Crippen LogP contribution in [0.3, 0.4) is 0 Å². The van der Waals surface area contributed by atoms with Gasteiger partial charge in [0.25, 0.3) is 0 Å². The highest BCUT2D eigenvalue weighted by Crippen LogP contribution is 2.26. The lowest BCUT2D eigenvalue weighted by molar-refractivity contribution is -0.00254. The molecule has 29 heavy (non-hydrogen) atoms. The molecule has 1 aliphatic rings. The number of rotatable bonds is 8. The van der Waals surface area contributed by atoms with Crippen molar-refractivity contribution in [1.29, 1.82) is 0 Å². The Morgan fingerprint density at radius 1 is 1.24 bits per heavy atom. The van der Waals surface area contributed by atoms with Crippen LogP contribution in [0.4, 0.5) is 0 Å². The number of hydrogen-bond donors (Lipinski definition) is 2. The Kier molecular flexibility index (Phi) is 7.50. The van der Waals surface area contributed by atoms with Gasteiger partial charge in [0.15, 0.2) is 5.96 Å². The topological polar surface area (TPSA) is 66.7 Å². The van der Waals surface area contributed by atoms with Crippen LogP contribution >= 0.6 is 0 Å². The Morgan fingerprint density at radius 3 is 2.72 bits per heavy atom. The molecule has 1 aromatic heterocycles. The number of para-hydroxylation sites is 2. The van der Waals surface area contributed by atoms with E-state index in [1.54, 1.807) is 0 Å². The Morgan fingerprint density at radius 2 is 2.00 bits per heavy atom. The maximum Gasteiger partial charge on any atom is 0.191 e. The van der Waals surface area contributed by atoms with Crippen LogP contribution in [0.2, 0.25) is 0 Å². The molecule has 160 valence electrons. The van der Waals surface area contributed by atoms with Crippen molar-refractivity contribution in [2.75, 3.05) is 46.9 Å². The highest BCUT2D eigenvalue weighted by atomic mass is 16.5. The third kappa shape index (κ3) is 5.28. The van der Waals surface area contributed by atoms with Crippen molar-refractivity contribution in [3.05, 3.63) is 30.1 Å². The van der Waals surface area contributed by atoms with Crippen molar-refractivity contribution in [3.8, 4) is 0 Å². The van der Waals surface area contributed by atoms with Crippen LogP contribution in [0.5, 0.6) is 0 Å². The first-order chi connectivity index (χ1) is 14.1. The van der Waals surface area contributed by atoms with Gasteiger partial charge in [-0.2, -0.15) is 0 Å². The summed E-state index contributed by atoms with van der Waals surface area (Å²) in [7, 11) is 4.30. The summed E-state index contributed by atoms with van der Waals surface area (Å²) >= 11 is 0. The predicted molar refractivity (Wildman–Crippen MR) is 120 cm³/mol. The predicted octanol–water partition coefficient (Wildman–Crippen LogP) is 2.40. The molecule has 7 nitrogen and oxygen atoms in total. The van der Waals surface area contributed by atoms with E-state index in [-0.39, 0.29) is 5.54 Å². The second kappa shape index (κ2) is 10.1. The van der Waals surface area contributed by atoms with Crippen molar-refractivity contribution in [3.63, 3.8) is 0 Å². The monoisotopic (exact) mass is 400 g/mol. The number of ether oxygens (including phenoxy) is 1. The summed E-state index contributed by atoms with van der Waals surface area (Å²) < 4.78 is 7.87. The highest BCUT2D eigenvalue weighted by molar-refractivity contribution is 5.79. The summed E-state index contributed by atoms with van der Waals surface area (Å²) in [6.45, 7) is 9.26.